The number of hydrogen-bond acceptors (Lipinski definition) is 9. The van der Waals surface area contributed by atoms with Gasteiger partial charge in [0.15, 0.2) is 5.82 Å². The molecule has 0 aliphatic carbocycles. The number of nitrogens with one attached hydrogen (secondary N) is 1. The van der Waals surface area contributed by atoms with Crippen LogP contribution in [-0.4, -0.2) is 107 Å². The number of nitrogens with two attached hydrogens (primary N) is 1. The zero-order valence-corrected chi connectivity index (χ0v) is 45.5. The van der Waals surface area contributed by atoms with E-state index in [1.165, 1.54) is 187 Å². The number of nitrogens with zero attached hydrogens (tertiary/aromatic N) is 6. The van der Waals surface area contributed by atoms with Crippen LogP contribution in [0.15, 0.2) is 24.3 Å². The van der Waals surface area contributed by atoms with Crippen molar-refractivity contribution in [3.63, 3.8) is 0 Å². The number of rotatable bonds is 45. The van der Waals surface area contributed by atoms with Gasteiger partial charge in [-0.1, -0.05) is 181 Å². The summed E-state index contributed by atoms with van der Waals surface area (Å²) in [6.45, 7) is 24.4. The summed E-state index contributed by atoms with van der Waals surface area (Å²) in [6.07, 6.45) is 36.6. The molecule has 0 atom stereocenters. The maximum absolute atomic E-state index is 13.4. The number of hydrogen-bond donors (Lipinski definition) is 2. The first-order valence-electron chi connectivity index (χ1n) is 28.7. The number of esters is 1. The second kappa shape index (κ2) is 37.1. The molecule has 0 fully saturated rings. The van der Waals surface area contributed by atoms with Gasteiger partial charge in [-0.05, 0) is 124 Å². The quantitative estimate of drug-likeness (QED) is 0.0423. The molecule has 10 heteroatoms. The Morgan fingerprint density at radius 2 is 1.09 bits per heavy atom. The van der Waals surface area contributed by atoms with E-state index in [9.17, 15) is 4.79 Å². The number of carbonyl (C=O) groups is 1. The molecule has 0 aliphatic rings. The molecule has 0 aliphatic heterocycles. The van der Waals surface area contributed by atoms with E-state index in [0.29, 0.717) is 30.8 Å². The Labute approximate surface area is 418 Å². The first-order chi connectivity index (χ1) is 33.1. The lowest BCUT2D eigenvalue weighted by atomic mass is 10.1. The van der Waals surface area contributed by atoms with Crippen molar-refractivity contribution in [1.82, 2.24) is 34.6 Å². The number of aromatic nitrogens is 3. The van der Waals surface area contributed by atoms with Gasteiger partial charge >= 0.3 is 5.97 Å². The van der Waals surface area contributed by atoms with E-state index in [-0.39, 0.29) is 5.97 Å². The van der Waals surface area contributed by atoms with Crippen LogP contribution in [0.4, 0.5) is 5.82 Å². The second-order valence-corrected chi connectivity index (χ2v) is 21.0. The first kappa shape index (κ1) is 59.5. The largest absolute Gasteiger partial charge is 0.458 e. The van der Waals surface area contributed by atoms with Crippen LogP contribution in [0.5, 0.6) is 0 Å². The highest BCUT2D eigenvalue weighted by molar-refractivity contribution is 6.06. The molecule has 0 amide bonds. The average Bonchev–Trinajstić information content (AvgIpc) is 3.68. The molecule has 0 saturated carbocycles. The number of imidazole rings is 1. The molecule has 0 saturated heterocycles. The average molecular weight is 948 g/mol. The summed E-state index contributed by atoms with van der Waals surface area (Å²) in [5.74, 6) is 1.16. The van der Waals surface area contributed by atoms with Crippen molar-refractivity contribution < 1.29 is 9.53 Å². The number of pyridine rings is 1. The Bertz CT molecular complexity index is 1710. The predicted octanol–water partition coefficient (Wildman–Crippen LogP) is 14.1. The maximum atomic E-state index is 13.4. The van der Waals surface area contributed by atoms with Gasteiger partial charge < -0.3 is 35.1 Å². The summed E-state index contributed by atoms with van der Waals surface area (Å²) >= 11 is 0. The summed E-state index contributed by atoms with van der Waals surface area (Å²) < 4.78 is 8.38. The molecule has 3 N–H and O–H groups in total. The lowest BCUT2D eigenvalue weighted by Gasteiger charge is -2.27. The van der Waals surface area contributed by atoms with Crippen molar-refractivity contribution in [2.45, 2.75) is 240 Å². The van der Waals surface area contributed by atoms with E-state index in [2.05, 4.69) is 70.4 Å². The number of carbonyl (C=O) groups excluding carboxylic acids is 1. The van der Waals surface area contributed by atoms with Crippen LogP contribution >= 0.6 is 0 Å². The first-order valence-corrected chi connectivity index (χ1v) is 28.7. The van der Waals surface area contributed by atoms with Gasteiger partial charge in [0.25, 0.3) is 0 Å². The maximum Gasteiger partial charge on any atom is 0.306 e. The SMILES string of the molecule is CCCCCCCCCCCCCN(CC)CCCN(C)CCCN(CCCCCCCCCCCCC)CCCCCC(=O)OC(C)(C)Cn1c(CNCC)nc2c(N)nc3ccccc3c21. The molecule has 1 aromatic carbocycles. The van der Waals surface area contributed by atoms with E-state index >= 15 is 0 Å². The molecule has 2 heterocycles. The van der Waals surface area contributed by atoms with Crippen molar-refractivity contribution in [2.24, 2.45) is 0 Å². The summed E-state index contributed by atoms with van der Waals surface area (Å²) in [6, 6.07) is 8.05. The molecule has 0 spiro atoms. The van der Waals surface area contributed by atoms with Crippen molar-refractivity contribution in [1.29, 1.82) is 0 Å². The fourth-order valence-corrected chi connectivity index (χ4v) is 10.0. The Morgan fingerprint density at radius 1 is 0.618 bits per heavy atom. The van der Waals surface area contributed by atoms with Gasteiger partial charge in [0, 0.05) is 11.8 Å². The Hall–Kier alpha value is -2.79. The van der Waals surface area contributed by atoms with Gasteiger partial charge in [-0.25, -0.2) is 9.97 Å². The number of para-hydroxylation sites is 1. The summed E-state index contributed by atoms with van der Waals surface area (Å²) in [7, 11) is 2.32. The molecule has 390 valence electrons. The Morgan fingerprint density at radius 3 is 1.62 bits per heavy atom. The zero-order chi connectivity index (χ0) is 49.1. The van der Waals surface area contributed by atoms with Gasteiger partial charge in [0.2, 0.25) is 0 Å². The van der Waals surface area contributed by atoms with Crippen LogP contribution in [0.1, 0.15) is 227 Å². The molecule has 0 unspecified atom stereocenters. The number of nitrogen functional groups attached to an aromatic ring is 1. The topological polar surface area (TPSA) is 105 Å². The van der Waals surface area contributed by atoms with E-state index in [1.807, 2.05) is 32.0 Å². The van der Waals surface area contributed by atoms with Gasteiger partial charge in [-0.2, -0.15) is 0 Å². The summed E-state index contributed by atoms with van der Waals surface area (Å²) in [5, 5.41) is 4.42. The highest BCUT2D eigenvalue weighted by atomic mass is 16.6. The summed E-state index contributed by atoms with van der Waals surface area (Å²) in [5.41, 5.74) is 8.18. The molecular weight excluding hydrogens is 841 g/mol. The third-order valence-corrected chi connectivity index (χ3v) is 14.1. The van der Waals surface area contributed by atoms with Crippen molar-refractivity contribution in [3.05, 3.63) is 30.1 Å². The number of anilines is 1. The molecule has 3 rings (SSSR count). The van der Waals surface area contributed by atoms with Crippen LogP contribution in [-0.2, 0) is 22.6 Å². The Kier molecular flexibility index (Phi) is 32.4. The highest BCUT2D eigenvalue weighted by Gasteiger charge is 2.27. The molecule has 10 nitrogen and oxygen atoms in total. The highest BCUT2D eigenvalue weighted by Crippen LogP contribution is 2.31. The van der Waals surface area contributed by atoms with Crippen LogP contribution < -0.4 is 11.1 Å². The number of fused-ring (bicyclic) bond motifs is 3. The predicted molar refractivity (Wildman–Crippen MR) is 294 cm³/mol. The zero-order valence-electron chi connectivity index (χ0n) is 45.5. The van der Waals surface area contributed by atoms with E-state index in [1.54, 1.807) is 0 Å². The molecular formula is C58H106N8O2. The number of benzene rings is 1. The molecule has 2 aromatic heterocycles. The number of unbranched alkanes of at least 4 members (excludes halogenated alkanes) is 22. The molecule has 68 heavy (non-hydrogen) atoms. The molecule has 0 radical (unpaired) electrons. The minimum Gasteiger partial charge on any atom is -0.458 e. The molecule has 0 bridgehead atoms. The van der Waals surface area contributed by atoms with Gasteiger partial charge in [-0.15, -0.1) is 0 Å². The van der Waals surface area contributed by atoms with Gasteiger partial charge in [-0.3, -0.25) is 4.79 Å². The van der Waals surface area contributed by atoms with Gasteiger partial charge in [0.05, 0.1) is 24.1 Å². The third-order valence-electron chi connectivity index (χ3n) is 14.1. The number of ether oxygens (including phenoxy) is 1. The van der Waals surface area contributed by atoms with Crippen LogP contribution in [0.3, 0.4) is 0 Å². The lowest BCUT2D eigenvalue weighted by Crippen LogP contribution is -2.34. The summed E-state index contributed by atoms with van der Waals surface area (Å²) in [4.78, 5) is 30.9. The van der Waals surface area contributed by atoms with Crippen LogP contribution in [0.2, 0.25) is 0 Å². The van der Waals surface area contributed by atoms with E-state index < -0.39 is 5.60 Å². The minimum atomic E-state index is -0.731. The smallest absolute Gasteiger partial charge is 0.306 e. The fraction of sp³-hybridized carbons (Fsp3) is 0.810. The van der Waals surface area contributed by atoms with Crippen molar-refractivity contribution >= 4 is 33.7 Å². The Balaban J connectivity index is 1.40. The standard InChI is InChI=1S/C58H106N8O2/c1-8-12-14-16-18-20-22-24-26-28-34-44-64(11-4)47-37-42-63(7)43-38-48-65(45-35-29-27-25-23-21-19-17-15-13-9-2)46-36-30-31-41-54(67)68-58(5,6)50-66-53(49-60-10-3)62-55-56(66)51-39-32-33-40-52(51)61-57(55)59/h32-33,39-40,60H,8-31,34-38,41-50H2,1-7H3,(H2,59,61). The third kappa shape index (κ3) is 25.4. The van der Waals surface area contributed by atoms with Crippen molar-refractivity contribution in [2.75, 3.05) is 71.7 Å². The van der Waals surface area contributed by atoms with E-state index in [4.69, 9.17) is 15.5 Å². The fourth-order valence-electron chi connectivity index (χ4n) is 10.0. The van der Waals surface area contributed by atoms with Gasteiger partial charge in [0.1, 0.15) is 16.9 Å². The lowest BCUT2D eigenvalue weighted by molar-refractivity contribution is -0.157. The van der Waals surface area contributed by atoms with Crippen LogP contribution in [0, 0.1) is 0 Å². The van der Waals surface area contributed by atoms with Crippen molar-refractivity contribution in [3.8, 4) is 0 Å². The molecule has 3 aromatic rings. The minimum absolute atomic E-state index is 0.129. The normalized spacial score (nSPS) is 12.3. The second-order valence-electron chi connectivity index (χ2n) is 21.0. The monoisotopic (exact) mass is 947 g/mol. The van der Waals surface area contributed by atoms with E-state index in [0.717, 1.165) is 67.7 Å². The van der Waals surface area contributed by atoms with Crippen LogP contribution in [0.25, 0.3) is 21.9 Å².